The number of hydrogen-bond acceptors (Lipinski definition) is 4. The second-order valence-corrected chi connectivity index (χ2v) is 13.4. The number of aryl methyl sites for hydroxylation is 1. The Labute approximate surface area is 262 Å². The summed E-state index contributed by atoms with van der Waals surface area (Å²) in [7, 11) is -3.52. The molecule has 6 rings (SSSR count). The molecular formula is C36H34N3O3S2+. The molecular weight excluding hydrogens is 587 g/mol. The van der Waals surface area contributed by atoms with E-state index in [1.807, 2.05) is 78.6 Å². The standard InChI is InChI=1S/C36H33N3O3S2/c1-3-27-24-43-25-33(27)36(40,31-20-13-21-32(22-31)38-44(2,41)42)34-23-39(26-37-34)35(28-14-7-4-8-15-28,29-16-9-5-10-17-29)30-18-11-6-12-19-30/h4-26,38,40H,3H2,1-2H3/p+1. The van der Waals surface area contributed by atoms with Crippen LogP contribution in [-0.2, 0) is 27.6 Å². The van der Waals surface area contributed by atoms with Crippen molar-refractivity contribution in [3.8, 4) is 0 Å². The lowest BCUT2D eigenvalue weighted by atomic mass is 9.76. The number of hydrogen-bond donors (Lipinski definition) is 3. The number of aromatic amines is 1. The zero-order valence-corrected chi connectivity index (χ0v) is 26.1. The second kappa shape index (κ2) is 11.9. The second-order valence-electron chi connectivity index (χ2n) is 10.9. The molecule has 0 aliphatic rings. The quantitative estimate of drug-likeness (QED) is 0.122. The first kappa shape index (κ1) is 29.6. The van der Waals surface area contributed by atoms with Crippen LogP contribution in [0.3, 0.4) is 0 Å². The Morgan fingerprint density at radius 3 is 1.86 bits per heavy atom. The van der Waals surface area contributed by atoms with E-state index in [-0.39, 0.29) is 0 Å². The molecule has 0 aliphatic carbocycles. The van der Waals surface area contributed by atoms with Crippen molar-refractivity contribution in [1.29, 1.82) is 0 Å². The van der Waals surface area contributed by atoms with E-state index in [1.165, 1.54) is 11.3 Å². The minimum absolute atomic E-state index is 0.378. The van der Waals surface area contributed by atoms with Crippen LogP contribution in [0.4, 0.5) is 5.69 Å². The summed E-state index contributed by atoms with van der Waals surface area (Å²) in [5, 5.41) is 16.9. The molecule has 0 amide bonds. The minimum Gasteiger partial charge on any atom is -0.373 e. The van der Waals surface area contributed by atoms with Gasteiger partial charge in [-0.3, -0.25) is 4.72 Å². The van der Waals surface area contributed by atoms with Gasteiger partial charge in [0.15, 0.2) is 16.8 Å². The van der Waals surface area contributed by atoms with Crippen LogP contribution in [0.1, 0.15) is 46.0 Å². The first-order valence-corrected chi connectivity index (χ1v) is 17.2. The molecule has 0 fully saturated rings. The molecule has 0 radical (unpaired) electrons. The minimum atomic E-state index is -3.52. The number of nitrogens with one attached hydrogen (secondary N) is 2. The zero-order chi connectivity index (χ0) is 30.8. The van der Waals surface area contributed by atoms with E-state index in [0.717, 1.165) is 40.5 Å². The molecule has 6 aromatic rings. The summed E-state index contributed by atoms with van der Waals surface area (Å²) < 4.78 is 28.9. The van der Waals surface area contributed by atoms with Gasteiger partial charge in [-0.25, -0.2) is 18.0 Å². The van der Waals surface area contributed by atoms with Gasteiger partial charge in [-0.2, -0.15) is 11.3 Å². The third kappa shape index (κ3) is 5.26. The Hall–Kier alpha value is -4.50. The Kier molecular flexibility index (Phi) is 7.98. The first-order chi connectivity index (χ1) is 21.3. The van der Waals surface area contributed by atoms with Crippen molar-refractivity contribution in [2.45, 2.75) is 24.5 Å². The maximum atomic E-state index is 12.9. The number of nitrogens with zero attached hydrogens (tertiary/aromatic N) is 1. The molecule has 2 aromatic heterocycles. The maximum Gasteiger partial charge on any atom is 0.243 e. The molecule has 0 spiro atoms. The monoisotopic (exact) mass is 620 g/mol. The first-order valence-electron chi connectivity index (χ1n) is 14.4. The van der Waals surface area contributed by atoms with Gasteiger partial charge in [-0.05, 0) is 40.4 Å². The number of rotatable bonds is 10. The average Bonchev–Trinajstić information content (AvgIpc) is 3.74. The van der Waals surface area contributed by atoms with E-state index >= 15 is 0 Å². The van der Waals surface area contributed by atoms with Crippen LogP contribution in [-0.4, -0.2) is 24.8 Å². The van der Waals surface area contributed by atoms with Crippen LogP contribution in [0.25, 0.3) is 0 Å². The van der Waals surface area contributed by atoms with Gasteiger partial charge in [0.2, 0.25) is 16.4 Å². The smallest absolute Gasteiger partial charge is 0.243 e. The Bertz CT molecular complexity index is 1870. The number of benzene rings is 4. The van der Waals surface area contributed by atoms with Gasteiger partial charge in [0, 0.05) is 27.9 Å². The zero-order valence-electron chi connectivity index (χ0n) is 24.5. The summed E-state index contributed by atoms with van der Waals surface area (Å²) in [4.78, 5) is 3.45. The van der Waals surface area contributed by atoms with Crippen molar-refractivity contribution in [3.63, 3.8) is 0 Å². The highest BCUT2D eigenvalue weighted by Gasteiger charge is 2.47. The molecule has 4 aromatic carbocycles. The van der Waals surface area contributed by atoms with Crippen LogP contribution in [0.2, 0.25) is 0 Å². The predicted octanol–water partition coefficient (Wildman–Crippen LogP) is 6.42. The lowest BCUT2D eigenvalue weighted by molar-refractivity contribution is -0.733. The van der Waals surface area contributed by atoms with Gasteiger partial charge in [0.05, 0.1) is 6.26 Å². The summed E-state index contributed by atoms with van der Waals surface area (Å²) in [6, 6.07) is 38.0. The van der Waals surface area contributed by atoms with E-state index in [1.54, 1.807) is 18.2 Å². The Morgan fingerprint density at radius 2 is 1.34 bits per heavy atom. The number of aromatic nitrogens is 2. The maximum absolute atomic E-state index is 12.9. The molecule has 44 heavy (non-hydrogen) atoms. The highest BCUT2D eigenvalue weighted by molar-refractivity contribution is 7.92. The van der Waals surface area contributed by atoms with Gasteiger partial charge < -0.3 is 5.11 Å². The van der Waals surface area contributed by atoms with E-state index < -0.39 is 21.2 Å². The third-order valence-corrected chi connectivity index (χ3v) is 9.47. The van der Waals surface area contributed by atoms with Crippen LogP contribution >= 0.6 is 11.3 Å². The largest absolute Gasteiger partial charge is 0.373 e. The lowest BCUT2D eigenvalue weighted by Crippen LogP contribution is -2.57. The number of thiophene rings is 1. The third-order valence-electron chi connectivity index (χ3n) is 8.08. The number of anilines is 1. The molecule has 0 bridgehead atoms. The molecule has 3 N–H and O–H groups in total. The molecule has 0 saturated carbocycles. The van der Waals surface area contributed by atoms with Crippen molar-refractivity contribution in [3.05, 3.63) is 178 Å². The predicted molar refractivity (Wildman–Crippen MR) is 176 cm³/mol. The van der Waals surface area contributed by atoms with Gasteiger partial charge in [0.1, 0.15) is 6.20 Å². The van der Waals surface area contributed by atoms with E-state index in [2.05, 4.69) is 63.0 Å². The Morgan fingerprint density at radius 1 is 0.795 bits per heavy atom. The Balaban J connectivity index is 1.63. The number of H-pyrrole nitrogens is 1. The molecule has 1 unspecified atom stereocenters. The van der Waals surface area contributed by atoms with Crippen LogP contribution in [0.15, 0.2) is 139 Å². The van der Waals surface area contributed by atoms with Crippen molar-refractivity contribution < 1.29 is 18.1 Å². The van der Waals surface area contributed by atoms with Gasteiger partial charge in [-0.15, -0.1) is 0 Å². The molecule has 0 saturated heterocycles. The fraction of sp³-hybridized carbons (Fsp3) is 0.139. The molecule has 8 heteroatoms. The topological polar surface area (TPSA) is 86.1 Å². The van der Waals surface area contributed by atoms with E-state index in [9.17, 15) is 13.5 Å². The molecule has 0 aliphatic heterocycles. The van der Waals surface area contributed by atoms with Gasteiger partial charge in [0.25, 0.3) is 0 Å². The van der Waals surface area contributed by atoms with Crippen LogP contribution in [0.5, 0.6) is 0 Å². The van der Waals surface area contributed by atoms with Gasteiger partial charge in [-0.1, -0.05) is 110 Å². The number of imidazole rings is 1. The van der Waals surface area contributed by atoms with Crippen LogP contribution in [0, 0.1) is 0 Å². The SMILES string of the molecule is CCc1cscc1C(O)(c1cccc(NS(C)(=O)=O)c1)c1c[n+](C(c2ccccc2)(c2ccccc2)c2ccccc2)c[nH]1. The number of sulfonamides is 1. The summed E-state index contributed by atoms with van der Waals surface area (Å²) in [6.45, 7) is 2.06. The summed E-state index contributed by atoms with van der Waals surface area (Å²) >= 11 is 1.53. The summed E-state index contributed by atoms with van der Waals surface area (Å²) in [6.07, 6.45) is 5.72. The molecule has 6 nitrogen and oxygen atoms in total. The van der Waals surface area contributed by atoms with E-state index in [0.29, 0.717) is 16.9 Å². The molecule has 1 atom stereocenters. The molecule has 222 valence electrons. The lowest BCUT2D eigenvalue weighted by Gasteiger charge is -2.33. The average molecular weight is 621 g/mol. The summed E-state index contributed by atoms with van der Waals surface area (Å²) in [5.74, 6) is 0. The van der Waals surface area contributed by atoms with Crippen molar-refractivity contribution in [2.24, 2.45) is 0 Å². The van der Waals surface area contributed by atoms with E-state index in [4.69, 9.17) is 0 Å². The highest BCUT2D eigenvalue weighted by Crippen LogP contribution is 2.41. The van der Waals surface area contributed by atoms with Crippen LogP contribution < -0.4 is 9.29 Å². The van der Waals surface area contributed by atoms with Crippen molar-refractivity contribution >= 4 is 27.0 Å². The normalized spacial score (nSPS) is 13.3. The number of aliphatic hydroxyl groups is 1. The highest BCUT2D eigenvalue weighted by atomic mass is 32.2. The van der Waals surface area contributed by atoms with Gasteiger partial charge >= 0.3 is 0 Å². The van der Waals surface area contributed by atoms with Crippen molar-refractivity contribution in [1.82, 2.24) is 4.98 Å². The van der Waals surface area contributed by atoms with Crippen molar-refractivity contribution in [2.75, 3.05) is 11.0 Å². The fourth-order valence-corrected chi connectivity index (χ4v) is 7.66. The summed E-state index contributed by atoms with van der Waals surface area (Å²) in [5.41, 5.74) is 4.02. The molecule has 2 heterocycles. The fourth-order valence-electron chi connectivity index (χ4n) is 6.12.